The Hall–Kier alpha value is -1.40. The number of hydrogen-bond donors (Lipinski definition) is 1. The van der Waals surface area contributed by atoms with E-state index in [1.807, 2.05) is 19.1 Å². The second kappa shape index (κ2) is 5.54. The van der Waals surface area contributed by atoms with Crippen molar-refractivity contribution in [2.45, 2.75) is 44.5 Å². The lowest BCUT2D eigenvalue weighted by Gasteiger charge is -2.25. The van der Waals surface area contributed by atoms with Gasteiger partial charge in [0.2, 0.25) is 10.0 Å². The fourth-order valence-corrected chi connectivity index (χ4v) is 4.37. The second-order valence-corrected chi connectivity index (χ2v) is 7.13. The van der Waals surface area contributed by atoms with E-state index in [4.69, 9.17) is 5.11 Å². The van der Waals surface area contributed by atoms with Gasteiger partial charge in [-0.05, 0) is 37.8 Å². The number of carboxylic acid groups (broad SMARTS) is 1. The highest BCUT2D eigenvalue weighted by Crippen LogP contribution is 2.32. The fourth-order valence-electron chi connectivity index (χ4n) is 2.27. The lowest BCUT2D eigenvalue weighted by atomic mass is 10.1. The van der Waals surface area contributed by atoms with Crippen LogP contribution in [0.1, 0.15) is 30.9 Å². The van der Waals surface area contributed by atoms with Gasteiger partial charge in [0.25, 0.3) is 0 Å². The van der Waals surface area contributed by atoms with Crippen LogP contribution >= 0.6 is 0 Å². The van der Waals surface area contributed by atoms with Crippen molar-refractivity contribution >= 4 is 16.0 Å². The molecule has 0 radical (unpaired) electrons. The van der Waals surface area contributed by atoms with Crippen LogP contribution in [0.5, 0.6) is 0 Å². The summed E-state index contributed by atoms with van der Waals surface area (Å²) in [5.41, 5.74) is 1.62. The standard InChI is InChI=1S/C14H19NO4S/c1-10-5-3-4-6-12(10)9-20(18,19)15(13-7-8-13)11(2)14(16)17/h3-6,11,13H,7-9H2,1-2H3,(H,16,17). The van der Waals surface area contributed by atoms with Crippen LogP contribution in [-0.2, 0) is 20.6 Å². The molecule has 1 aromatic carbocycles. The molecule has 1 aromatic rings. The SMILES string of the molecule is Cc1ccccc1CS(=O)(=O)N(C1CC1)C(C)C(=O)O. The van der Waals surface area contributed by atoms with Crippen molar-refractivity contribution in [1.29, 1.82) is 0 Å². The minimum Gasteiger partial charge on any atom is -0.480 e. The van der Waals surface area contributed by atoms with Gasteiger partial charge >= 0.3 is 5.97 Å². The molecule has 20 heavy (non-hydrogen) atoms. The molecule has 110 valence electrons. The largest absolute Gasteiger partial charge is 0.480 e. The van der Waals surface area contributed by atoms with E-state index < -0.39 is 22.0 Å². The zero-order valence-electron chi connectivity index (χ0n) is 11.6. The predicted molar refractivity (Wildman–Crippen MR) is 75.8 cm³/mol. The summed E-state index contributed by atoms with van der Waals surface area (Å²) in [6.07, 6.45) is 1.48. The summed E-state index contributed by atoms with van der Waals surface area (Å²) in [7, 11) is -3.63. The van der Waals surface area contributed by atoms with Crippen molar-refractivity contribution in [3.63, 3.8) is 0 Å². The first-order valence-electron chi connectivity index (χ1n) is 6.61. The Morgan fingerprint density at radius 3 is 2.50 bits per heavy atom. The Kier molecular flexibility index (Phi) is 4.15. The maximum atomic E-state index is 12.5. The van der Waals surface area contributed by atoms with Crippen molar-refractivity contribution in [3.8, 4) is 0 Å². The van der Waals surface area contributed by atoms with Gasteiger partial charge in [-0.25, -0.2) is 8.42 Å². The minimum absolute atomic E-state index is 0.145. The summed E-state index contributed by atoms with van der Waals surface area (Å²) in [6.45, 7) is 3.28. The Morgan fingerprint density at radius 1 is 1.40 bits per heavy atom. The normalized spacial score (nSPS) is 17.1. The van der Waals surface area contributed by atoms with Gasteiger partial charge in [0, 0.05) is 6.04 Å². The number of carbonyl (C=O) groups is 1. The third kappa shape index (κ3) is 3.19. The first-order chi connectivity index (χ1) is 9.33. The van der Waals surface area contributed by atoms with E-state index >= 15 is 0 Å². The number of nitrogens with zero attached hydrogens (tertiary/aromatic N) is 1. The minimum atomic E-state index is -3.63. The lowest BCUT2D eigenvalue weighted by molar-refractivity contribution is -0.141. The molecule has 1 atom stereocenters. The van der Waals surface area contributed by atoms with Crippen LogP contribution in [0.15, 0.2) is 24.3 Å². The van der Waals surface area contributed by atoms with E-state index in [2.05, 4.69) is 0 Å². The molecule has 1 saturated carbocycles. The van der Waals surface area contributed by atoms with Crippen molar-refractivity contribution in [2.24, 2.45) is 0 Å². The maximum absolute atomic E-state index is 12.5. The molecule has 0 bridgehead atoms. The number of sulfonamides is 1. The number of benzene rings is 1. The predicted octanol–water partition coefficient (Wildman–Crippen LogP) is 1.76. The summed E-state index contributed by atoms with van der Waals surface area (Å²) in [6, 6.07) is 6.09. The molecule has 0 spiro atoms. The molecule has 0 aliphatic heterocycles. The number of hydrogen-bond acceptors (Lipinski definition) is 3. The van der Waals surface area contributed by atoms with E-state index in [9.17, 15) is 13.2 Å². The van der Waals surface area contributed by atoms with Gasteiger partial charge in [0.1, 0.15) is 6.04 Å². The number of aryl methyl sites for hydroxylation is 1. The van der Waals surface area contributed by atoms with Gasteiger partial charge in [-0.1, -0.05) is 24.3 Å². The third-order valence-corrected chi connectivity index (χ3v) is 5.50. The van der Waals surface area contributed by atoms with Crippen LogP contribution < -0.4 is 0 Å². The Morgan fingerprint density at radius 2 is 2.00 bits per heavy atom. The molecule has 0 heterocycles. The summed E-state index contributed by atoms with van der Waals surface area (Å²) in [5.74, 6) is -1.25. The maximum Gasteiger partial charge on any atom is 0.321 e. The third-order valence-electron chi connectivity index (χ3n) is 3.57. The topological polar surface area (TPSA) is 74.7 Å². The average Bonchev–Trinajstić information content (AvgIpc) is 3.16. The van der Waals surface area contributed by atoms with E-state index in [0.29, 0.717) is 0 Å². The van der Waals surface area contributed by atoms with E-state index in [-0.39, 0.29) is 11.8 Å². The number of rotatable bonds is 6. The van der Waals surface area contributed by atoms with Crippen LogP contribution in [0.2, 0.25) is 0 Å². The molecule has 1 fully saturated rings. The van der Waals surface area contributed by atoms with Crippen LogP contribution in [0, 0.1) is 6.92 Å². The highest BCUT2D eigenvalue weighted by atomic mass is 32.2. The van der Waals surface area contributed by atoms with Gasteiger partial charge in [0.05, 0.1) is 5.75 Å². The van der Waals surface area contributed by atoms with Gasteiger partial charge in [-0.2, -0.15) is 4.31 Å². The average molecular weight is 297 g/mol. The molecule has 1 N–H and O–H groups in total. The molecule has 5 nitrogen and oxygen atoms in total. The van der Waals surface area contributed by atoms with Gasteiger partial charge in [-0.15, -0.1) is 0 Å². The molecule has 0 amide bonds. The Labute approximate surface area is 119 Å². The van der Waals surface area contributed by atoms with Crippen molar-refractivity contribution < 1.29 is 18.3 Å². The highest BCUT2D eigenvalue weighted by molar-refractivity contribution is 7.88. The summed E-state index contributed by atoms with van der Waals surface area (Å²) in [5, 5.41) is 9.11. The van der Waals surface area contributed by atoms with E-state index in [1.54, 1.807) is 12.1 Å². The van der Waals surface area contributed by atoms with Crippen LogP contribution in [0.25, 0.3) is 0 Å². The summed E-state index contributed by atoms with van der Waals surface area (Å²) >= 11 is 0. The first kappa shape index (κ1) is 15.0. The lowest BCUT2D eigenvalue weighted by Crippen LogP contribution is -2.45. The van der Waals surface area contributed by atoms with Gasteiger partial charge in [-0.3, -0.25) is 4.79 Å². The molecule has 6 heteroatoms. The van der Waals surface area contributed by atoms with Crippen LogP contribution in [0.3, 0.4) is 0 Å². The first-order valence-corrected chi connectivity index (χ1v) is 8.22. The molecule has 1 unspecified atom stereocenters. The molecule has 0 aromatic heterocycles. The van der Waals surface area contributed by atoms with Crippen molar-refractivity contribution in [1.82, 2.24) is 4.31 Å². The fraction of sp³-hybridized carbons (Fsp3) is 0.500. The Balaban J connectivity index is 2.28. The van der Waals surface area contributed by atoms with Crippen LogP contribution in [-0.4, -0.2) is 35.9 Å². The zero-order chi connectivity index (χ0) is 14.9. The quantitative estimate of drug-likeness (QED) is 0.868. The molecule has 2 rings (SSSR count). The van der Waals surface area contributed by atoms with Crippen molar-refractivity contribution in [3.05, 3.63) is 35.4 Å². The second-order valence-electron chi connectivity index (χ2n) is 5.26. The molecule has 0 saturated heterocycles. The van der Waals surface area contributed by atoms with E-state index in [0.717, 1.165) is 24.0 Å². The monoisotopic (exact) mass is 297 g/mol. The van der Waals surface area contributed by atoms with Gasteiger partial charge in [0.15, 0.2) is 0 Å². The highest BCUT2D eigenvalue weighted by Gasteiger charge is 2.42. The Bertz CT molecular complexity index is 607. The zero-order valence-corrected chi connectivity index (χ0v) is 12.4. The van der Waals surface area contributed by atoms with Gasteiger partial charge < -0.3 is 5.11 Å². The van der Waals surface area contributed by atoms with Crippen molar-refractivity contribution in [2.75, 3.05) is 0 Å². The number of aliphatic carboxylic acids is 1. The molecular weight excluding hydrogens is 278 g/mol. The van der Waals surface area contributed by atoms with Crippen LogP contribution in [0.4, 0.5) is 0 Å². The van der Waals surface area contributed by atoms with E-state index in [1.165, 1.54) is 11.2 Å². The molecule has 1 aliphatic rings. The summed E-state index contributed by atoms with van der Waals surface area (Å²) < 4.78 is 26.3. The summed E-state index contributed by atoms with van der Waals surface area (Å²) in [4.78, 5) is 11.1. The smallest absolute Gasteiger partial charge is 0.321 e. The number of carboxylic acids is 1. The molecule has 1 aliphatic carbocycles. The molecular formula is C14H19NO4S.